The molecule has 19 heavy (non-hydrogen) atoms. The smallest absolute Gasteiger partial charge is 0.122 e. The molecule has 0 aromatic heterocycles. The average molecular weight is 251 g/mol. The van der Waals surface area contributed by atoms with Crippen molar-refractivity contribution in [2.75, 3.05) is 5.73 Å². The van der Waals surface area contributed by atoms with Crippen molar-refractivity contribution < 1.29 is 0 Å². The minimum Gasteiger partial charge on any atom is -0.398 e. The Hall–Kier alpha value is -2.55. The van der Waals surface area contributed by atoms with Gasteiger partial charge >= 0.3 is 0 Å². The van der Waals surface area contributed by atoms with Gasteiger partial charge in [0.2, 0.25) is 0 Å². The second kappa shape index (κ2) is 5.87. The predicted molar refractivity (Wildman–Crippen MR) is 81.1 cm³/mol. The van der Waals surface area contributed by atoms with Crippen LogP contribution in [0.15, 0.2) is 54.6 Å². The van der Waals surface area contributed by atoms with Crippen molar-refractivity contribution >= 4 is 17.6 Å². The van der Waals surface area contributed by atoms with E-state index in [1.54, 1.807) is 0 Å². The number of nitrogen functional groups attached to an aromatic ring is 2. The van der Waals surface area contributed by atoms with E-state index in [2.05, 4.69) is 6.08 Å². The van der Waals surface area contributed by atoms with Crippen LogP contribution >= 0.6 is 0 Å². The number of nitrogens with one attached hydrogen (secondary N) is 1. The topological polar surface area (TPSA) is 75.9 Å². The van der Waals surface area contributed by atoms with Gasteiger partial charge in [-0.2, -0.15) is 0 Å². The van der Waals surface area contributed by atoms with Crippen LogP contribution in [0, 0.1) is 5.41 Å². The van der Waals surface area contributed by atoms with Gasteiger partial charge in [0.25, 0.3) is 0 Å². The normalized spacial score (nSPS) is 10.7. The highest BCUT2D eigenvalue weighted by Crippen LogP contribution is 2.13. The molecule has 0 saturated heterocycles. The average Bonchev–Trinajstić information content (AvgIpc) is 2.41. The number of para-hydroxylation sites is 1. The molecule has 3 nitrogen and oxygen atoms in total. The molecule has 0 fully saturated rings. The zero-order chi connectivity index (χ0) is 13.7. The van der Waals surface area contributed by atoms with E-state index < -0.39 is 0 Å². The number of hydrogen-bond donors (Lipinski definition) is 3. The first-order valence-corrected chi connectivity index (χ1v) is 6.11. The molecule has 0 aliphatic rings. The lowest BCUT2D eigenvalue weighted by molar-refractivity contribution is 1.28. The lowest BCUT2D eigenvalue weighted by Crippen LogP contribution is -2.10. The molecule has 0 aliphatic heterocycles. The Morgan fingerprint density at radius 3 is 2.63 bits per heavy atom. The van der Waals surface area contributed by atoms with Crippen molar-refractivity contribution in [3.8, 4) is 0 Å². The zero-order valence-electron chi connectivity index (χ0n) is 10.6. The number of benzene rings is 2. The highest BCUT2D eigenvalue weighted by atomic mass is 14.7. The summed E-state index contributed by atoms with van der Waals surface area (Å²) in [5, 5.41) is 7.41. The fourth-order valence-corrected chi connectivity index (χ4v) is 1.85. The summed E-state index contributed by atoms with van der Waals surface area (Å²) in [7, 11) is 0. The summed E-state index contributed by atoms with van der Waals surface area (Å²) in [6, 6.07) is 15.4. The predicted octanol–water partition coefficient (Wildman–Crippen LogP) is 2.81. The SMILES string of the molecule is N=C(N)c1cccc(C=CCc2ccccc2N)c1. The Morgan fingerprint density at radius 2 is 1.89 bits per heavy atom. The Bertz CT molecular complexity index is 615. The minimum absolute atomic E-state index is 0.0857. The van der Waals surface area contributed by atoms with E-state index in [1.807, 2.05) is 54.6 Å². The lowest BCUT2D eigenvalue weighted by Gasteiger charge is -2.02. The van der Waals surface area contributed by atoms with Crippen molar-refractivity contribution in [2.24, 2.45) is 5.73 Å². The van der Waals surface area contributed by atoms with Crippen molar-refractivity contribution in [3.05, 3.63) is 71.3 Å². The monoisotopic (exact) mass is 251 g/mol. The van der Waals surface area contributed by atoms with Gasteiger partial charge in [-0.3, -0.25) is 5.41 Å². The fraction of sp³-hybridized carbons (Fsp3) is 0.0625. The summed E-state index contributed by atoms with van der Waals surface area (Å²) in [4.78, 5) is 0. The molecule has 96 valence electrons. The molecule has 2 aromatic rings. The molecule has 0 spiro atoms. The molecule has 0 radical (unpaired) electrons. The number of amidine groups is 1. The van der Waals surface area contributed by atoms with E-state index in [1.165, 1.54) is 0 Å². The maximum atomic E-state index is 7.41. The number of anilines is 1. The first-order chi connectivity index (χ1) is 9.16. The highest BCUT2D eigenvalue weighted by Gasteiger charge is 1.97. The van der Waals surface area contributed by atoms with Gasteiger partial charge in [0, 0.05) is 11.3 Å². The van der Waals surface area contributed by atoms with Gasteiger partial charge < -0.3 is 11.5 Å². The molecule has 0 unspecified atom stereocenters. The molecule has 0 heterocycles. The summed E-state index contributed by atoms with van der Waals surface area (Å²) in [6.07, 6.45) is 4.86. The van der Waals surface area contributed by atoms with Crippen LogP contribution in [0.25, 0.3) is 6.08 Å². The number of allylic oxidation sites excluding steroid dienone is 1. The van der Waals surface area contributed by atoms with Crippen molar-refractivity contribution in [2.45, 2.75) is 6.42 Å². The highest BCUT2D eigenvalue weighted by molar-refractivity contribution is 5.95. The van der Waals surface area contributed by atoms with Crippen molar-refractivity contribution in [1.82, 2.24) is 0 Å². The van der Waals surface area contributed by atoms with Crippen molar-refractivity contribution in [3.63, 3.8) is 0 Å². The van der Waals surface area contributed by atoms with Gasteiger partial charge in [0.1, 0.15) is 5.84 Å². The third kappa shape index (κ3) is 3.45. The molecule has 0 bridgehead atoms. The van der Waals surface area contributed by atoms with Gasteiger partial charge in [-0.15, -0.1) is 0 Å². The van der Waals surface area contributed by atoms with Gasteiger partial charge in [-0.1, -0.05) is 48.6 Å². The second-order valence-electron chi connectivity index (χ2n) is 4.34. The second-order valence-corrected chi connectivity index (χ2v) is 4.34. The number of rotatable bonds is 4. The van der Waals surface area contributed by atoms with Crippen LogP contribution in [0.3, 0.4) is 0 Å². The summed E-state index contributed by atoms with van der Waals surface area (Å²) >= 11 is 0. The van der Waals surface area contributed by atoms with E-state index in [-0.39, 0.29) is 5.84 Å². The summed E-state index contributed by atoms with van der Waals surface area (Å²) in [5.74, 6) is 0.0857. The van der Waals surface area contributed by atoms with Crippen LogP contribution in [-0.2, 0) is 6.42 Å². The van der Waals surface area contributed by atoms with E-state index in [4.69, 9.17) is 16.9 Å². The first kappa shape index (κ1) is 12.9. The van der Waals surface area contributed by atoms with E-state index in [0.29, 0.717) is 0 Å². The maximum absolute atomic E-state index is 7.41. The first-order valence-electron chi connectivity index (χ1n) is 6.11. The number of hydrogen-bond acceptors (Lipinski definition) is 2. The summed E-state index contributed by atoms with van der Waals surface area (Å²) in [6.45, 7) is 0. The van der Waals surface area contributed by atoms with Crippen LogP contribution in [0.1, 0.15) is 16.7 Å². The largest absolute Gasteiger partial charge is 0.398 e. The molecule has 0 atom stereocenters. The molecule has 0 aliphatic carbocycles. The molecule has 0 saturated carbocycles. The van der Waals surface area contributed by atoms with E-state index in [0.717, 1.165) is 28.8 Å². The van der Waals surface area contributed by atoms with Crippen LogP contribution in [0.5, 0.6) is 0 Å². The molecule has 3 heteroatoms. The Balaban J connectivity index is 2.09. The molecule has 0 amide bonds. The van der Waals surface area contributed by atoms with Crippen molar-refractivity contribution in [1.29, 1.82) is 5.41 Å². The quantitative estimate of drug-likeness (QED) is 0.444. The molecule has 2 rings (SSSR count). The van der Waals surface area contributed by atoms with Crippen LogP contribution in [0.4, 0.5) is 5.69 Å². The van der Waals surface area contributed by atoms with Gasteiger partial charge in [-0.25, -0.2) is 0 Å². The Labute approximate surface area is 113 Å². The van der Waals surface area contributed by atoms with Crippen LogP contribution in [0.2, 0.25) is 0 Å². The van der Waals surface area contributed by atoms with E-state index >= 15 is 0 Å². The van der Waals surface area contributed by atoms with E-state index in [9.17, 15) is 0 Å². The minimum atomic E-state index is 0.0857. The van der Waals surface area contributed by atoms with Gasteiger partial charge in [0.05, 0.1) is 0 Å². The third-order valence-electron chi connectivity index (χ3n) is 2.90. The van der Waals surface area contributed by atoms with Crippen LogP contribution < -0.4 is 11.5 Å². The van der Waals surface area contributed by atoms with Gasteiger partial charge in [-0.05, 0) is 29.7 Å². The lowest BCUT2D eigenvalue weighted by atomic mass is 10.1. The maximum Gasteiger partial charge on any atom is 0.122 e. The fourth-order valence-electron chi connectivity index (χ4n) is 1.85. The zero-order valence-corrected chi connectivity index (χ0v) is 10.6. The Morgan fingerprint density at radius 1 is 1.11 bits per heavy atom. The third-order valence-corrected chi connectivity index (χ3v) is 2.90. The summed E-state index contributed by atoms with van der Waals surface area (Å²) < 4.78 is 0. The number of nitrogens with two attached hydrogens (primary N) is 2. The molecular formula is C16H17N3. The standard InChI is InChI=1S/C16H17N3/c17-15-10-2-1-7-13(15)8-3-5-12-6-4-9-14(11-12)16(18)19/h1-7,9-11H,8,17H2,(H3,18,19). The van der Waals surface area contributed by atoms with Gasteiger partial charge in [0.15, 0.2) is 0 Å². The summed E-state index contributed by atoms with van der Waals surface area (Å²) in [5.41, 5.74) is 15.0. The Kier molecular flexibility index (Phi) is 3.98. The molecule has 2 aromatic carbocycles. The molecular weight excluding hydrogens is 234 g/mol. The molecule has 5 N–H and O–H groups in total. The van der Waals surface area contributed by atoms with Crippen LogP contribution in [-0.4, -0.2) is 5.84 Å².